The first-order valence-electron chi connectivity index (χ1n) is 5.89. The molecule has 0 aliphatic rings. The van der Waals surface area contributed by atoms with Crippen LogP contribution in [0, 0.1) is 0 Å². The fraction of sp³-hybridized carbons (Fsp3) is 0.214. The van der Waals surface area contributed by atoms with E-state index in [-0.39, 0.29) is 5.97 Å². The van der Waals surface area contributed by atoms with Gasteiger partial charge in [-0.3, -0.25) is 0 Å². The summed E-state index contributed by atoms with van der Waals surface area (Å²) in [6, 6.07) is 7.77. The Balaban J connectivity index is 2.10. The van der Waals surface area contributed by atoms with Crippen molar-refractivity contribution >= 4 is 28.6 Å². The third-order valence-corrected chi connectivity index (χ3v) is 3.55. The molecule has 0 amide bonds. The molecule has 0 saturated heterocycles. The zero-order chi connectivity index (χ0) is 13.7. The largest absolute Gasteiger partial charge is 0.463 e. The minimum absolute atomic E-state index is 0.353. The molecule has 0 radical (unpaired) electrons. The number of ether oxygens (including phenoxy) is 1. The minimum atomic E-state index is -0.353. The minimum Gasteiger partial charge on any atom is -0.463 e. The van der Waals surface area contributed by atoms with E-state index in [0.29, 0.717) is 17.9 Å². The van der Waals surface area contributed by atoms with Crippen LogP contribution in [0.3, 0.4) is 0 Å². The summed E-state index contributed by atoms with van der Waals surface area (Å²) in [5, 5.41) is 1.82. The molecule has 0 saturated carbocycles. The molecule has 0 N–H and O–H groups in total. The van der Waals surface area contributed by atoms with Gasteiger partial charge in [0.15, 0.2) is 0 Å². The smallest absolute Gasteiger partial charge is 0.334 e. The number of esters is 1. The molecule has 0 aliphatic heterocycles. The van der Waals surface area contributed by atoms with E-state index in [1.165, 1.54) is 18.1 Å². The highest BCUT2D eigenvalue weighted by atomic mass is 32.2. The predicted octanol–water partition coefficient (Wildman–Crippen LogP) is 2.84. The second kappa shape index (κ2) is 6.33. The van der Waals surface area contributed by atoms with Gasteiger partial charge in [-0.05, 0) is 13.0 Å². The zero-order valence-corrected chi connectivity index (χ0v) is 11.4. The van der Waals surface area contributed by atoms with Crippen molar-refractivity contribution in [2.75, 3.05) is 12.4 Å². The van der Waals surface area contributed by atoms with Gasteiger partial charge in [-0.1, -0.05) is 24.8 Å². The molecule has 0 unspecified atom stereocenters. The molecule has 19 heavy (non-hydrogen) atoms. The quantitative estimate of drug-likeness (QED) is 0.363. The lowest BCUT2D eigenvalue weighted by Gasteiger charge is -2.06. The third kappa shape index (κ3) is 3.32. The maximum atomic E-state index is 11.5. The van der Waals surface area contributed by atoms with Crippen LogP contribution in [0.1, 0.15) is 6.92 Å². The van der Waals surface area contributed by atoms with Gasteiger partial charge in [0.25, 0.3) is 0 Å². The molecule has 1 aromatic heterocycles. The normalized spacial score (nSPS) is 10.4. The molecule has 5 heteroatoms. The molecular weight excluding hydrogens is 260 g/mol. The topological polar surface area (TPSA) is 52.1 Å². The molecule has 1 heterocycles. The van der Waals surface area contributed by atoms with Gasteiger partial charge in [0.2, 0.25) is 0 Å². The van der Waals surface area contributed by atoms with Gasteiger partial charge in [0, 0.05) is 16.7 Å². The molecule has 2 rings (SSSR count). The summed E-state index contributed by atoms with van der Waals surface area (Å²) < 4.78 is 4.90. The van der Waals surface area contributed by atoms with Gasteiger partial charge in [-0.15, -0.1) is 11.8 Å². The van der Waals surface area contributed by atoms with E-state index in [1.807, 2.05) is 24.3 Å². The van der Waals surface area contributed by atoms with Gasteiger partial charge in [0.05, 0.1) is 12.1 Å². The average molecular weight is 274 g/mol. The first-order valence-corrected chi connectivity index (χ1v) is 6.88. The van der Waals surface area contributed by atoms with Crippen molar-refractivity contribution in [3.63, 3.8) is 0 Å². The summed E-state index contributed by atoms with van der Waals surface area (Å²) in [5.74, 6) is 0.105. The van der Waals surface area contributed by atoms with Crippen molar-refractivity contribution in [2.45, 2.75) is 11.9 Å². The average Bonchev–Trinajstić information content (AvgIpc) is 2.45. The van der Waals surface area contributed by atoms with Gasteiger partial charge in [-0.25, -0.2) is 14.8 Å². The number of rotatable bonds is 5. The van der Waals surface area contributed by atoms with Crippen LogP contribution in [0.25, 0.3) is 10.9 Å². The van der Waals surface area contributed by atoms with E-state index in [9.17, 15) is 4.79 Å². The van der Waals surface area contributed by atoms with Crippen LogP contribution in [0.5, 0.6) is 0 Å². The lowest BCUT2D eigenvalue weighted by atomic mass is 10.2. The molecule has 0 atom stereocenters. The summed E-state index contributed by atoms with van der Waals surface area (Å²) in [5.41, 5.74) is 1.33. The fourth-order valence-electron chi connectivity index (χ4n) is 1.54. The van der Waals surface area contributed by atoms with Gasteiger partial charge in [0.1, 0.15) is 11.4 Å². The Hall–Kier alpha value is -1.88. The van der Waals surface area contributed by atoms with Gasteiger partial charge >= 0.3 is 5.97 Å². The molecule has 2 aromatic rings. The van der Waals surface area contributed by atoms with Crippen LogP contribution < -0.4 is 0 Å². The monoisotopic (exact) mass is 274 g/mol. The number of carbonyl (C=O) groups excluding carboxylic acids is 1. The number of thioether (sulfide) groups is 1. The number of nitrogens with zero attached hydrogens (tertiary/aromatic N) is 2. The van der Waals surface area contributed by atoms with E-state index in [1.54, 1.807) is 6.92 Å². The summed E-state index contributed by atoms with van der Waals surface area (Å²) in [4.78, 5) is 19.9. The molecular formula is C14H14N2O2S. The summed E-state index contributed by atoms with van der Waals surface area (Å²) >= 11 is 1.46. The Bertz CT molecular complexity index is 608. The maximum absolute atomic E-state index is 11.5. The molecule has 0 aliphatic carbocycles. The SMILES string of the molecule is C=C(CSc1ncnc2ccccc12)C(=O)OCC. The summed E-state index contributed by atoms with van der Waals surface area (Å²) in [6.45, 7) is 5.86. The van der Waals surface area contributed by atoms with E-state index in [4.69, 9.17) is 4.74 Å². The molecule has 98 valence electrons. The number of hydrogen-bond donors (Lipinski definition) is 0. The lowest BCUT2D eigenvalue weighted by molar-refractivity contribution is -0.138. The maximum Gasteiger partial charge on any atom is 0.334 e. The number of carbonyl (C=O) groups is 1. The lowest BCUT2D eigenvalue weighted by Crippen LogP contribution is -2.08. The summed E-state index contributed by atoms with van der Waals surface area (Å²) in [7, 11) is 0. The Morgan fingerprint density at radius 2 is 2.16 bits per heavy atom. The van der Waals surface area contributed by atoms with Crippen molar-refractivity contribution in [1.82, 2.24) is 9.97 Å². The first kappa shape index (κ1) is 13.5. The van der Waals surface area contributed by atoms with Crippen molar-refractivity contribution in [3.8, 4) is 0 Å². The van der Waals surface area contributed by atoms with E-state index < -0.39 is 0 Å². The van der Waals surface area contributed by atoms with E-state index in [2.05, 4.69) is 16.5 Å². The Morgan fingerprint density at radius 3 is 2.95 bits per heavy atom. The molecule has 0 bridgehead atoms. The van der Waals surface area contributed by atoms with Crippen molar-refractivity contribution in [2.24, 2.45) is 0 Å². The van der Waals surface area contributed by atoms with Gasteiger partial charge < -0.3 is 4.74 Å². The second-order valence-corrected chi connectivity index (χ2v) is 4.77. The second-order valence-electron chi connectivity index (χ2n) is 3.81. The number of hydrogen-bond acceptors (Lipinski definition) is 5. The first-order chi connectivity index (χ1) is 9.22. The Kier molecular flexibility index (Phi) is 4.52. The zero-order valence-electron chi connectivity index (χ0n) is 10.6. The predicted molar refractivity (Wildman–Crippen MR) is 76.0 cm³/mol. The highest BCUT2D eigenvalue weighted by molar-refractivity contribution is 7.99. The summed E-state index contributed by atoms with van der Waals surface area (Å²) in [6.07, 6.45) is 1.53. The number of para-hydroxylation sites is 1. The van der Waals surface area contributed by atoms with Gasteiger partial charge in [-0.2, -0.15) is 0 Å². The van der Waals surface area contributed by atoms with Crippen LogP contribution in [0.4, 0.5) is 0 Å². The van der Waals surface area contributed by atoms with Crippen LogP contribution in [-0.2, 0) is 9.53 Å². The molecule has 0 fully saturated rings. The van der Waals surface area contributed by atoms with Crippen LogP contribution in [0.15, 0.2) is 47.8 Å². The van der Waals surface area contributed by atoms with E-state index in [0.717, 1.165) is 15.9 Å². The van der Waals surface area contributed by atoms with Crippen molar-refractivity contribution in [1.29, 1.82) is 0 Å². The van der Waals surface area contributed by atoms with Crippen LogP contribution >= 0.6 is 11.8 Å². The third-order valence-electron chi connectivity index (χ3n) is 2.45. The Morgan fingerprint density at radius 1 is 1.37 bits per heavy atom. The van der Waals surface area contributed by atoms with Crippen molar-refractivity contribution in [3.05, 3.63) is 42.7 Å². The van der Waals surface area contributed by atoms with E-state index >= 15 is 0 Å². The molecule has 0 spiro atoms. The highest BCUT2D eigenvalue weighted by Crippen LogP contribution is 2.25. The standard InChI is InChI=1S/C14H14N2O2S/c1-3-18-14(17)10(2)8-19-13-11-6-4-5-7-12(11)15-9-16-13/h4-7,9H,2-3,8H2,1H3. The van der Waals surface area contributed by atoms with Crippen LogP contribution in [0.2, 0.25) is 0 Å². The molecule has 1 aromatic carbocycles. The fourth-order valence-corrected chi connectivity index (χ4v) is 2.42. The highest BCUT2D eigenvalue weighted by Gasteiger charge is 2.10. The Labute approximate surface area is 115 Å². The number of benzene rings is 1. The number of fused-ring (bicyclic) bond motifs is 1. The molecule has 4 nitrogen and oxygen atoms in total. The van der Waals surface area contributed by atoms with Crippen molar-refractivity contribution < 1.29 is 9.53 Å². The van der Waals surface area contributed by atoms with Crippen LogP contribution in [-0.4, -0.2) is 28.3 Å². The number of aromatic nitrogens is 2.